The average molecular weight is 457 g/mol. The highest BCUT2D eigenvalue weighted by Crippen LogP contribution is 2.32. The summed E-state index contributed by atoms with van der Waals surface area (Å²) in [6.45, 7) is -0.222. The Kier molecular flexibility index (Phi) is 6.51. The predicted molar refractivity (Wildman–Crippen MR) is 129 cm³/mol. The van der Waals surface area contributed by atoms with Crippen molar-refractivity contribution in [2.75, 3.05) is 0 Å². The van der Waals surface area contributed by atoms with Gasteiger partial charge in [-0.15, -0.1) is 0 Å². The molecule has 4 aromatic rings. The van der Waals surface area contributed by atoms with Gasteiger partial charge in [-0.2, -0.15) is 4.98 Å². The average Bonchev–Trinajstić information content (AvgIpc) is 3.26. The number of para-hydroxylation sites is 1. The Morgan fingerprint density at radius 1 is 0.971 bits per heavy atom. The van der Waals surface area contributed by atoms with E-state index >= 15 is 0 Å². The van der Waals surface area contributed by atoms with Gasteiger partial charge in [-0.05, 0) is 48.4 Å². The highest BCUT2D eigenvalue weighted by Gasteiger charge is 2.18. The minimum absolute atomic E-state index is 0.222. The van der Waals surface area contributed by atoms with Crippen molar-refractivity contribution in [3.05, 3.63) is 77.9 Å². The molecule has 1 N–H and O–H groups in total. The number of hydrogen-bond donors (Lipinski definition) is 1. The van der Waals surface area contributed by atoms with Crippen LogP contribution in [0.5, 0.6) is 11.6 Å². The molecule has 7 heteroatoms. The fraction of sp³-hybridized carbons (Fsp3) is 0.333. The number of carboxylic acid groups (broad SMARTS) is 1. The van der Waals surface area contributed by atoms with Crippen LogP contribution in [-0.4, -0.2) is 30.6 Å². The molecule has 0 unspecified atom stereocenters. The fourth-order valence-electron chi connectivity index (χ4n) is 4.65. The molecule has 1 aliphatic carbocycles. The third-order valence-corrected chi connectivity index (χ3v) is 6.44. The molecule has 174 valence electrons. The molecule has 2 heterocycles. The van der Waals surface area contributed by atoms with E-state index in [1.807, 2.05) is 30.3 Å². The SMILES string of the molecule is O=C(O)Cn1cnc2c(Oc3ccccc3)nc(CCc3ccc(C4CCCCC4)cc3)nc21. The van der Waals surface area contributed by atoms with Crippen molar-refractivity contribution in [2.24, 2.45) is 0 Å². The lowest BCUT2D eigenvalue weighted by Crippen LogP contribution is -2.09. The lowest BCUT2D eigenvalue weighted by atomic mass is 9.84. The molecule has 5 rings (SSSR count). The summed E-state index contributed by atoms with van der Waals surface area (Å²) in [5.74, 6) is 1.31. The second-order valence-corrected chi connectivity index (χ2v) is 8.88. The molecule has 0 aliphatic heterocycles. The summed E-state index contributed by atoms with van der Waals surface area (Å²) in [5, 5.41) is 9.26. The molecule has 0 spiro atoms. The molecule has 2 aromatic carbocycles. The molecule has 1 aliphatic rings. The molecule has 34 heavy (non-hydrogen) atoms. The van der Waals surface area contributed by atoms with Crippen molar-refractivity contribution < 1.29 is 14.6 Å². The van der Waals surface area contributed by atoms with E-state index < -0.39 is 5.97 Å². The lowest BCUT2D eigenvalue weighted by molar-refractivity contribution is -0.137. The summed E-state index contributed by atoms with van der Waals surface area (Å²) >= 11 is 0. The van der Waals surface area contributed by atoms with Crippen molar-refractivity contribution in [1.82, 2.24) is 19.5 Å². The molecular weight excluding hydrogens is 428 g/mol. The maximum absolute atomic E-state index is 11.3. The Balaban J connectivity index is 1.38. The number of carboxylic acids is 1. The minimum Gasteiger partial charge on any atom is -0.480 e. The third-order valence-electron chi connectivity index (χ3n) is 6.44. The minimum atomic E-state index is -0.956. The van der Waals surface area contributed by atoms with E-state index in [0.717, 1.165) is 6.42 Å². The van der Waals surface area contributed by atoms with Crippen LogP contribution in [0.25, 0.3) is 11.2 Å². The van der Waals surface area contributed by atoms with Gasteiger partial charge in [0, 0.05) is 6.42 Å². The van der Waals surface area contributed by atoms with Crippen LogP contribution < -0.4 is 4.74 Å². The van der Waals surface area contributed by atoms with Crippen molar-refractivity contribution in [1.29, 1.82) is 0 Å². The van der Waals surface area contributed by atoms with Crippen LogP contribution in [0.15, 0.2) is 60.9 Å². The van der Waals surface area contributed by atoms with Crippen LogP contribution in [0.1, 0.15) is 55.0 Å². The second kappa shape index (κ2) is 10.0. The molecule has 0 saturated heterocycles. The fourth-order valence-corrected chi connectivity index (χ4v) is 4.65. The summed E-state index contributed by atoms with van der Waals surface area (Å²) in [6.07, 6.45) is 9.48. The predicted octanol–water partition coefficient (Wildman–Crippen LogP) is 5.54. The van der Waals surface area contributed by atoms with E-state index in [-0.39, 0.29) is 6.54 Å². The molecule has 0 amide bonds. The van der Waals surface area contributed by atoms with Crippen LogP contribution in [0.2, 0.25) is 0 Å². The Labute approximate surface area is 198 Å². The van der Waals surface area contributed by atoms with Crippen LogP contribution in [0.4, 0.5) is 0 Å². The van der Waals surface area contributed by atoms with Gasteiger partial charge in [0.05, 0.1) is 6.33 Å². The third kappa shape index (κ3) is 5.09. The number of benzene rings is 2. The maximum atomic E-state index is 11.3. The van der Waals surface area contributed by atoms with Gasteiger partial charge in [0.15, 0.2) is 11.2 Å². The molecule has 0 bridgehead atoms. The zero-order valence-electron chi connectivity index (χ0n) is 19.1. The van der Waals surface area contributed by atoms with Crippen molar-refractivity contribution >= 4 is 17.1 Å². The largest absolute Gasteiger partial charge is 0.480 e. The Hall–Kier alpha value is -3.74. The number of nitrogens with zero attached hydrogens (tertiary/aromatic N) is 4. The van der Waals surface area contributed by atoms with E-state index in [4.69, 9.17) is 4.74 Å². The van der Waals surface area contributed by atoms with Crippen LogP contribution in [0, 0.1) is 0 Å². The number of aromatic nitrogens is 4. The molecule has 1 saturated carbocycles. The number of aryl methyl sites for hydroxylation is 2. The van der Waals surface area contributed by atoms with Crippen LogP contribution in [-0.2, 0) is 24.2 Å². The zero-order chi connectivity index (χ0) is 23.3. The maximum Gasteiger partial charge on any atom is 0.323 e. The van der Waals surface area contributed by atoms with Gasteiger partial charge in [-0.1, -0.05) is 61.7 Å². The number of carbonyl (C=O) groups is 1. The smallest absolute Gasteiger partial charge is 0.323 e. The number of rotatable bonds is 8. The lowest BCUT2D eigenvalue weighted by Gasteiger charge is -2.22. The summed E-state index contributed by atoms with van der Waals surface area (Å²) in [4.78, 5) is 24.9. The Morgan fingerprint density at radius 2 is 1.74 bits per heavy atom. The topological polar surface area (TPSA) is 90.1 Å². The van der Waals surface area contributed by atoms with Crippen LogP contribution >= 0.6 is 0 Å². The van der Waals surface area contributed by atoms with Gasteiger partial charge in [0.1, 0.15) is 18.1 Å². The summed E-state index contributed by atoms with van der Waals surface area (Å²) < 4.78 is 7.52. The molecule has 0 radical (unpaired) electrons. The van der Waals surface area contributed by atoms with Crippen molar-refractivity contribution in [3.63, 3.8) is 0 Å². The van der Waals surface area contributed by atoms with E-state index in [1.54, 1.807) is 0 Å². The van der Waals surface area contributed by atoms with Gasteiger partial charge in [0.2, 0.25) is 0 Å². The van der Waals surface area contributed by atoms with E-state index in [9.17, 15) is 9.90 Å². The summed E-state index contributed by atoms with van der Waals surface area (Å²) in [5.41, 5.74) is 3.58. The van der Waals surface area contributed by atoms with E-state index in [2.05, 4.69) is 39.2 Å². The first-order valence-electron chi connectivity index (χ1n) is 11.9. The van der Waals surface area contributed by atoms with Gasteiger partial charge in [-0.25, -0.2) is 9.97 Å². The van der Waals surface area contributed by atoms with Gasteiger partial charge >= 0.3 is 5.97 Å². The van der Waals surface area contributed by atoms with Crippen molar-refractivity contribution in [3.8, 4) is 11.6 Å². The summed E-state index contributed by atoms with van der Waals surface area (Å²) in [6, 6.07) is 18.3. The van der Waals surface area contributed by atoms with Gasteiger partial charge < -0.3 is 14.4 Å². The number of ether oxygens (including phenoxy) is 1. The van der Waals surface area contributed by atoms with Gasteiger partial charge in [-0.3, -0.25) is 4.79 Å². The molecule has 7 nitrogen and oxygen atoms in total. The number of imidazole rings is 1. The molecule has 1 fully saturated rings. The van der Waals surface area contributed by atoms with Gasteiger partial charge in [0.25, 0.3) is 5.88 Å². The number of aliphatic carboxylic acids is 1. The Bertz CT molecular complexity index is 1260. The number of fused-ring (bicyclic) bond motifs is 1. The highest BCUT2D eigenvalue weighted by atomic mass is 16.5. The molecule has 0 atom stereocenters. The normalized spacial score (nSPS) is 14.4. The van der Waals surface area contributed by atoms with E-state index in [1.165, 1.54) is 54.1 Å². The standard InChI is InChI=1S/C27H28N4O3/c32-24(33)17-31-18-28-25-26(31)29-23(30-27(25)34-22-9-5-2-6-10-22)16-13-19-11-14-21(15-12-19)20-7-3-1-4-8-20/h2,5-6,9-12,14-15,18,20H,1,3-4,7-8,13,16-17H2,(H,32,33). The van der Waals surface area contributed by atoms with Crippen molar-refractivity contribution in [2.45, 2.75) is 57.4 Å². The van der Waals surface area contributed by atoms with Crippen LogP contribution in [0.3, 0.4) is 0 Å². The first-order chi connectivity index (χ1) is 16.7. The highest BCUT2D eigenvalue weighted by molar-refractivity contribution is 5.78. The monoisotopic (exact) mass is 456 g/mol. The zero-order valence-corrected chi connectivity index (χ0v) is 19.1. The first kappa shape index (κ1) is 22.1. The molecule has 2 aromatic heterocycles. The second-order valence-electron chi connectivity index (χ2n) is 8.88. The number of hydrogen-bond acceptors (Lipinski definition) is 5. The van der Waals surface area contributed by atoms with E-state index in [0.29, 0.717) is 41.0 Å². The first-order valence-corrected chi connectivity index (χ1v) is 11.9. The molecular formula is C27H28N4O3. The quantitative estimate of drug-likeness (QED) is 0.375. The summed E-state index contributed by atoms with van der Waals surface area (Å²) in [7, 11) is 0. The Morgan fingerprint density at radius 3 is 2.47 bits per heavy atom.